The lowest BCUT2D eigenvalue weighted by molar-refractivity contribution is -0.113. The molecular formula is C24H20F2N6OS. The normalized spacial score (nSPS) is 10.8. The standard InChI is InChI=1S/C24H20F2N6OS/c1-14-15(2)32(17-8-6-7-16(25)11-17)22(19(14)12-27)28-21(33)13-34-24-30-29-23(31(24)3)18-9-4-5-10-20(18)26/h4-11H,13H2,1-3H3,(H,28,33). The Hall–Kier alpha value is -3.97. The average molecular weight is 479 g/mol. The Morgan fingerprint density at radius 1 is 1.15 bits per heavy atom. The molecule has 0 aliphatic rings. The van der Waals surface area contributed by atoms with E-state index >= 15 is 0 Å². The first-order valence-electron chi connectivity index (χ1n) is 10.3. The summed E-state index contributed by atoms with van der Waals surface area (Å²) in [7, 11) is 1.69. The zero-order valence-electron chi connectivity index (χ0n) is 18.6. The second-order valence-electron chi connectivity index (χ2n) is 7.54. The molecule has 0 saturated carbocycles. The number of benzene rings is 2. The smallest absolute Gasteiger partial charge is 0.236 e. The van der Waals surface area contributed by atoms with E-state index in [-0.39, 0.29) is 17.5 Å². The van der Waals surface area contributed by atoms with Gasteiger partial charge in [-0.05, 0) is 49.7 Å². The number of aromatic nitrogens is 4. The van der Waals surface area contributed by atoms with Gasteiger partial charge in [0.15, 0.2) is 11.0 Å². The molecule has 2 aromatic carbocycles. The summed E-state index contributed by atoms with van der Waals surface area (Å²) in [4.78, 5) is 12.8. The van der Waals surface area contributed by atoms with Gasteiger partial charge in [-0.1, -0.05) is 30.0 Å². The minimum atomic E-state index is -0.428. The van der Waals surface area contributed by atoms with Crippen molar-refractivity contribution in [1.82, 2.24) is 19.3 Å². The molecular weight excluding hydrogens is 458 g/mol. The molecule has 2 heterocycles. The summed E-state index contributed by atoms with van der Waals surface area (Å²) in [6.07, 6.45) is 0. The Labute approximate surface area is 199 Å². The van der Waals surface area contributed by atoms with Gasteiger partial charge in [-0.25, -0.2) is 8.78 Å². The van der Waals surface area contributed by atoms with Crippen molar-refractivity contribution >= 4 is 23.5 Å². The molecule has 1 amide bonds. The van der Waals surface area contributed by atoms with Crippen LogP contribution < -0.4 is 5.32 Å². The summed E-state index contributed by atoms with van der Waals surface area (Å²) >= 11 is 1.13. The van der Waals surface area contributed by atoms with Crippen LogP contribution in [0.3, 0.4) is 0 Å². The number of nitrogens with one attached hydrogen (secondary N) is 1. The predicted molar refractivity (Wildman–Crippen MR) is 126 cm³/mol. The largest absolute Gasteiger partial charge is 0.310 e. The molecule has 2 aromatic heterocycles. The number of carbonyl (C=O) groups is 1. The summed E-state index contributed by atoms with van der Waals surface area (Å²) in [5.74, 6) is -0.631. The number of amides is 1. The molecule has 0 aliphatic heterocycles. The highest BCUT2D eigenvalue weighted by Crippen LogP contribution is 2.31. The Kier molecular flexibility index (Phi) is 6.47. The molecule has 1 N–H and O–H groups in total. The quantitative estimate of drug-likeness (QED) is 0.403. The van der Waals surface area contributed by atoms with Crippen molar-refractivity contribution < 1.29 is 13.6 Å². The molecule has 4 aromatic rings. The average Bonchev–Trinajstić information content (AvgIpc) is 3.29. The van der Waals surface area contributed by atoms with Crippen LogP contribution >= 0.6 is 11.8 Å². The van der Waals surface area contributed by atoms with Crippen molar-refractivity contribution in [3.8, 4) is 23.1 Å². The lowest BCUT2D eigenvalue weighted by Crippen LogP contribution is -2.18. The highest BCUT2D eigenvalue weighted by atomic mass is 32.2. The number of hydrogen-bond donors (Lipinski definition) is 1. The van der Waals surface area contributed by atoms with Crippen molar-refractivity contribution in [2.24, 2.45) is 7.05 Å². The highest BCUT2D eigenvalue weighted by Gasteiger charge is 2.22. The van der Waals surface area contributed by atoms with Gasteiger partial charge in [0.05, 0.1) is 22.6 Å². The maximum absolute atomic E-state index is 14.1. The molecule has 10 heteroatoms. The van der Waals surface area contributed by atoms with Gasteiger partial charge in [-0.15, -0.1) is 10.2 Å². The lowest BCUT2D eigenvalue weighted by atomic mass is 10.2. The van der Waals surface area contributed by atoms with Crippen molar-refractivity contribution in [3.05, 3.63) is 77.0 Å². The van der Waals surface area contributed by atoms with Crippen LogP contribution in [0.15, 0.2) is 53.7 Å². The fraction of sp³-hybridized carbons (Fsp3) is 0.167. The second kappa shape index (κ2) is 9.49. The fourth-order valence-electron chi connectivity index (χ4n) is 3.61. The molecule has 4 rings (SSSR count). The van der Waals surface area contributed by atoms with E-state index < -0.39 is 11.6 Å². The van der Waals surface area contributed by atoms with Gasteiger partial charge >= 0.3 is 0 Å². The molecule has 0 bridgehead atoms. The van der Waals surface area contributed by atoms with E-state index in [9.17, 15) is 18.8 Å². The van der Waals surface area contributed by atoms with E-state index in [1.165, 1.54) is 18.2 Å². The number of halogens is 2. The van der Waals surface area contributed by atoms with Gasteiger partial charge in [-0.2, -0.15) is 5.26 Å². The van der Waals surface area contributed by atoms with E-state index in [0.29, 0.717) is 39.1 Å². The third-order valence-electron chi connectivity index (χ3n) is 5.43. The monoisotopic (exact) mass is 478 g/mol. The molecule has 0 atom stereocenters. The zero-order valence-corrected chi connectivity index (χ0v) is 19.5. The zero-order chi connectivity index (χ0) is 24.4. The summed E-state index contributed by atoms with van der Waals surface area (Å²) in [5.41, 5.74) is 2.52. The van der Waals surface area contributed by atoms with Crippen LogP contribution in [0.2, 0.25) is 0 Å². The molecule has 0 radical (unpaired) electrons. The van der Waals surface area contributed by atoms with Crippen molar-refractivity contribution in [2.75, 3.05) is 11.1 Å². The minimum Gasteiger partial charge on any atom is -0.310 e. The summed E-state index contributed by atoms with van der Waals surface area (Å²) in [6, 6.07) is 14.3. The van der Waals surface area contributed by atoms with Crippen LogP contribution in [0.1, 0.15) is 16.8 Å². The molecule has 0 aliphatic carbocycles. The molecule has 172 valence electrons. The first-order chi connectivity index (χ1) is 16.3. The van der Waals surface area contributed by atoms with Crippen LogP contribution in [0.5, 0.6) is 0 Å². The second-order valence-corrected chi connectivity index (χ2v) is 8.49. The predicted octanol–water partition coefficient (Wildman–Crippen LogP) is 4.77. The van der Waals surface area contributed by atoms with Crippen molar-refractivity contribution in [2.45, 2.75) is 19.0 Å². The molecule has 0 saturated heterocycles. The molecule has 7 nitrogen and oxygen atoms in total. The SMILES string of the molecule is Cc1c(C#N)c(NC(=O)CSc2nnc(-c3ccccc3F)n2C)n(-c2cccc(F)c2)c1C. The van der Waals surface area contributed by atoms with Crippen molar-refractivity contribution in [3.63, 3.8) is 0 Å². The van der Waals surface area contributed by atoms with Crippen molar-refractivity contribution in [1.29, 1.82) is 5.26 Å². The molecule has 0 spiro atoms. The van der Waals surface area contributed by atoms with Crippen LogP contribution in [-0.4, -0.2) is 31.0 Å². The fourth-order valence-corrected chi connectivity index (χ4v) is 4.33. The van der Waals surface area contributed by atoms with E-state index in [1.54, 1.807) is 60.4 Å². The Morgan fingerprint density at radius 3 is 2.62 bits per heavy atom. The first-order valence-corrected chi connectivity index (χ1v) is 11.2. The summed E-state index contributed by atoms with van der Waals surface area (Å²) in [6.45, 7) is 3.58. The number of hydrogen-bond acceptors (Lipinski definition) is 5. The Morgan fingerprint density at radius 2 is 1.91 bits per heavy atom. The number of anilines is 1. The van der Waals surface area contributed by atoms with Gasteiger partial charge < -0.3 is 9.88 Å². The summed E-state index contributed by atoms with van der Waals surface area (Å²) < 4.78 is 31.2. The Balaban J connectivity index is 1.56. The first kappa shape index (κ1) is 23.2. The van der Waals surface area contributed by atoms with Gasteiger partial charge in [0, 0.05) is 12.7 Å². The van der Waals surface area contributed by atoms with Gasteiger partial charge in [0.1, 0.15) is 23.5 Å². The summed E-state index contributed by atoms with van der Waals surface area (Å²) in [5, 5.41) is 21.0. The number of nitrogens with zero attached hydrogens (tertiary/aromatic N) is 5. The van der Waals surface area contributed by atoms with E-state index in [2.05, 4.69) is 21.6 Å². The van der Waals surface area contributed by atoms with Gasteiger partial charge in [0.25, 0.3) is 0 Å². The van der Waals surface area contributed by atoms with Crippen LogP contribution in [0.4, 0.5) is 14.6 Å². The molecule has 0 fully saturated rings. The highest BCUT2D eigenvalue weighted by molar-refractivity contribution is 7.99. The van der Waals surface area contributed by atoms with Gasteiger partial charge in [-0.3, -0.25) is 9.36 Å². The third-order valence-corrected chi connectivity index (χ3v) is 6.45. The van der Waals surface area contributed by atoms with Crippen LogP contribution in [0, 0.1) is 36.8 Å². The van der Waals surface area contributed by atoms with Crippen LogP contribution in [0.25, 0.3) is 17.1 Å². The van der Waals surface area contributed by atoms with Gasteiger partial charge in [0.2, 0.25) is 5.91 Å². The third kappa shape index (κ3) is 4.30. The minimum absolute atomic E-state index is 0.0272. The molecule has 0 unspecified atom stereocenters. The van der Waals surface area contributed by atoms with Crippen LogP contribution in [-0.2, 0) is 11.8 Å². The number of thioether (sulfide) groups is 1. The maximum Gasteiger partial charge on any atom is 0.236 e. The maximum atomic E-state index is 14.1. The van der Waals surface area contributed by atoms with E-state index in [4.69, 9.17) is 0 Å². The number of rotatable bonds is 6. The van der Waals surface area contributed by atoms with E-state index in [0.717, 1.165) is 11.8 Å². The molecule has 34 heavy (non-hydrogen) atoms. The van der Waals surface area contributed by atoms with E-state index in [1.807, 2.05) is 0 Å². The topological polar surface area (TPSA) is 88.5 Å². The Bertz CT molecular complexity index is 1440. The number of nitriles is 1. The number of carbonyl (C=O) groups excluding carboxylic acids is 1. The lowest BCUT2D eigenvalue weighted by Gasteiger charge is -2.13.